The van der Waals surface area contributed by atoms with Crippen LogP contribution in [0.1, 0.15) is 25.6 Å². The van der Waals surface area contributed by atoms with E-state index in [1.165, 1.54) is 16.4 Å². The summed E-state index contributed by atoms with van der Waals surface area (Å²) in [5.41, 5.74) is 5.72. The van der Waals surface area contributed by atoms with Crippen LogP contribution in [0.5, 0.6) is 0 Å². The van der Waals surface area contributed by atoms with E-state index in [-0.39, 0.29) is 5.41 Å². The molecular formula is C7H11BrN2S. The van der Waals surface area contributed by atoms with Gasteiger partial charge in [-0.15, -0.1) is 0 Å². The van der Waals surface area contributed by atoms with E-state index in [2.05, 4.69) is 41.1 Å². The van der Waals surface area contributed by atoms with Gasteiger partial charge in [0.05, 0.1) is 4.47 Å². The van der Waals surface area contributed by atoms with Crippen molar-refractivity contribution in [1.29, 1.82) is 0 Å². The van der Waals surface area contributed by atoms with Gasteiger partial charge in [-0.05, 0) is 32.9 Å². The normalized spacial score (nSPS) is 12.0. The van der Waals surface area contributed by atoms with E-state index in [9.17, 15) is 0 Å². The monoisotopic (exact) mass is 234 g/mol. The van der Waals surface area contributed by atoms with Crippen LogP contribution in [0.3, 0.4) is 0 Å². The van der Waals surface area contributed by atoms with Crippen LogP contribution >= 0.6 is 27.5 Å². The van der Waals surface area contributed by atoms with Crippen LogP contribution in [0.2, 0.25) is 0 Å². The fraction of sp³-hybridized carbons (Fsp3) is 0.571. The molecule has 62 valence electrons. The van der Waals surface area contributed by atoms with E-state index in [1.54, 1.807) is 0 Å². The fourth-order valence-electron chi connectivity index (χ4n) is 0.757. The number of hydrogen-bond acceptors (Lipinski definition) is 3. The zero-order valence-electron chi connectivity index (χ0n) is 6.81. The molecule has 11 heavy (non-hydrogen) atoms. The second-order valence-corrected chi connectivity index (χ2v) is 5.03. The maximum absolute atomic E-state index is 5.59. The topological polar surface area (TPSA) is 38.9 Å². The van der Waals surface area contributed by atoms with Crippen molar-refractivity contribution in [3.8, 4) is 0 Å². The summed E-state index contributed by atoms with van der Waals surface area (Å²) < 4.78 is 5.01. The van der Waals surface area contributed by atoms with Crippen LogP contribution in [0.15, 0.2) is 4.47 Å². The molecule has 2 nitrogen and oxygen atoms in total. The standard InChI is InChI=1S/C7H11BrN2S/c1-7(2,3)5-4(8)6(9)10-11-5/h1-3H3,(H2,9,10). The second-order valence-electron chi connectivity index (χ2n) is 3.46. The van der Waals surface area contributed by atoms with Gasteiger partial charge in [0.15, 0.2) is 5.82 Å². The van der Waals surface area contributed by atoms with Crippen molar-refractivity contribution in [2.75, 3.05) is 5.73 Å². The van der Waals surface area contributed by atoms with Crippen molar-refractivity contribution in [1.82, 2.24) is 4.37 Å². The lowest BCUT2D eigenvalue weighted by Crippen LogP contribution is -2.09. The molecule has 1 aromatic heterocycles. The third kappa shape index (κ3) is 1.73. The third-order valence-electron chi connectivity index (χ3n) is 1.34. The molecule has 1 heterocycles. The van der Waals surface area contributed by atoms with Gasteiger partial charge in [-0.2, -0.15) is 4.37 Å². The van der Waals surface area contributed by atoms with E-state index in [4.69, 9.17) is 5.73 Å². The zero-order valence-corrected chi connectivity index (χ0v) is 9.21. The van der Waals surface area contributed by atoms with Crippen molar-refractivity contribution in [3.05, 3.63) is 9.35 Å². The van der Waals surface area contributed by atoms with Crippen LogP contribution in [-0.2, 0) is 5.41 Å². The number of nitrogen functional groups attached to an aromatic ring is 1. The molecule has 0 saturated heterocycles. The van der Waals surface area contributed by atoms with E-state index in [0.717, 1.165) is 4.47 Å². The average molecular weight is 235 g/mol. The summed E-state index contributed by atoms with van der Waals surface area (Å²) in [6.07, 6.45) is 0. The Bertz CT molecular complexity index is 262. The molecule has 1 rings (SSSR count). The summed E-state index contributed by atoms with van der Waals surface area (Å²) in [4.78, 5) is 1.20. The Hall–Kier alpha value is -0.0900. The van der Waals surface area contributed by atoms with Gasteiger partial charge in [-0.3, -0.25) is 0 Å². The summed E-state index contributed by atoms with van der Waals surface area (Å²) >= 11 is 4.87. The lowest BCUT2D eigenvalue weighted by molar-refractivity contribution is 0.601. The highest BCUT2D eigenvalue weighted by molar-refractivity contribution is 9.10. The Morgan fingerprint density at radius 1 is 1.45 bits per heavy atom. The molecule has 2 N–H and O–H groups in total. The molecule has 0 saturated carbocycles. The second kappa shape index (κ2) is 2.75. The molecule has 4 heteroatoms. The minimum absolute atomic E-state index is 0.133. The van der Waals surface area contributed by atoms with Gasteiger partial charge in [0, 0.05) is 4.88 Å². The van der Waals surface area contributed by atoms with Gasteiger partial charge < -0.3 is 5.73 Å². The molecule has 0 unspecified atom stereocenters. The Kier molecular flexibility index (Phi) is 2.25. The summed E-state index contributed by atoms with van der Waals surface area (Å²) in [5, 5.41) is 0. The molecule has 1 aromatic rings. The fourth-order valence-corrected chi connectivity index (χ4v) is 2.51. The molecule has 0 aliphatic rings. The van der Waals surface area contributed by atoms with Crippen molar-refractivity contribution < 1.29 is 0 Å². The zero-order chi connectivity index (χ0) is 8.65. The lowest BCUT2D eigenvalue weighted by Gasteiger charge is -2.15. The number of rotatable bonds is 0. The van der Waals surface area contributed by atoms with E-state index >= 15 is 0 Å². The van der Waals surface area contributed by atoms with E-state index < -0.39 is 0 Å². The Morgan fingerprint density at radius 2 is 2.00 bits per heavy atom. The molecular weight excluding hydrogens is 224 g/mol. The molecule has 0 atom stereocenters. The quantitative estimate of drug-likeness (QED) is 0.750. The molecule has 0 bridgehead atoms. The average Bonchev–Trinajstić information content (AvgIpc) is 2.11. The molecule has 0 aromatic carbocycles. The Labute approximate surface area is 79.1 Å². The maximum atomic E-state index is 5.59. The highest BCUT2D eigenvalue weighted by Crippen LogP contribution is 2.36. The van der Waals surface area contributed by atoms with Gasteiger partial charge in [-0.25, -0.2) is 0 Å². The smallest absolute Gasteiger partial charge is 0.151 e. The number of nitrogens with zero attached hydrogens (tertiary/aromatic N) is 1. The van der Waals surface area contributed by atoms with Crippen molar-refractivity contribution in [2.24, 2.45) is 0 Å². The number of hydrogen-bond donors (Lipinski definition) is 1. The summed E-state index contributed by atoms with van der Waals surface area (Å²) in [6.45, 7) is 6.43. The number of nitrogens with two attached hydrogens (primary N) is 1. The lowest BCUT2D eigenvalue weighted by atomic mass is 9.95. The highest BCUT2D eigenvalue weighted by Gasteiger charge is 2.21. The molecule has 0 amide bonds. The predicted octanol–water partition coefficient (Wildman–Crippen LogP) is 2.79. The first-order valence-electron chi connectivity index (χ1n) is 3.34. The highest BCUT2D eigenvalue weighted by atomic mass is 79.9. The predicted molar refractivity (Wildman–Crippen MR) is 52.9 cm³/mol. The molecule has 0 radical (unpaired) electrons. The molecule has 0 spiro atoms. The number of anilines is 1. The van der Waals surface area contributed by atoms with Crippen molar-refractivity contribution in [2.45, 2.75) is 26.2 Å². The summed E-state index contributed by atoms with van der Waals surface area (Å²) in [5.74, 6) is 0.597. The minimum atomic E-state index is 0.133. The minimum Gasteiger partial charge on any atom is -0.382 e. The van der Waals surface area contributed by atoms with E-state index in [0.29, 0.717) is 5.82 Å². The maximum Gasteiger partial charge on any atom is 0.151 e. The van der Waals surface area contributed by atoms with Crippen molar-refractivity contribution >= 4 is 33.3 Å². The Morgan fingerprint density at radius 3 is 2.18 bits per heavy atom. The first-order valence-corrected chi connectivity index (χ1v) is 4.90. The first kappa shape index (κ1) is 9.00. The molecule has 0 aliphatic heterocycles. The van der Waals surface area contributed by atoms with E-state index in [1.807, 2.05) is 0 Å². The Balaban J connectivity index is 3.15. The largest absolute Gasteiger partial charge is 0.382 e. The number of aromatic nitrogens is 1. The molecule has 0 aliphatic carbocycles. The molecule has 0 fully saturated rings. The summed E-state index contributed by atoms with van der Waals surface area (Å²) in [7, 11) is 0. The van der Waals surface area contributed by atoms with Crippen LogP contribution in [-0.4, -0.2) is 4.37 Å². The SMILES string of the molecule is CC(C)(C)c1snc(N)c1Br. The summed E-state index contributed by atoms with van der Waals surface area (Å²) in [6, 6.07) is 0. The van der Waals surface area contributed by atoms with Gasteiger partial charge in [0.2, 0.25) is 0 Å². The van der Waals surface area contributed by atoms with Gasteiger partial charge in [0.1, 0.15) is 0 Å². The van der Waals surface area contributed by atoms with Crippen molar-refractivity contribution in [3.63, 3.8) is 0 Å². The van der Waals surface area contributed by atoms with Gasteiger partial charge >= 0.3 is 0 Å². The van der Waals surface area contributed by atoms with Crippen LogP contribution in [0, 0.1) is 0 Å². The number of halogens is 1. The third-order valence-corrected chi connectivity index (χ3v) is 3.69. The first-order chi connectivity index (χ1) is 4.93. The van der Waals surface area contributed by atoms with Crippen LogP contribution in [0.25, 0.3) is 0 Å². The van der Waals surface area contributed by atoms with Gasteiger partial charge in [-0.1, -0.05) is 20.8 Å². The van der Waals surface area contributed by atoms with Crippen LogP contribution < -0.4 is 5.73 Å². The van der Waals surface area contributed by atoms with Crippen LogP contribution in [0.4, 0.5) is 5.82 Å². The van der Waals surface area contributed by atoms with Gasteiger partial charge in [0.25, 0.3) is 0 Å².